The summed E-state index contributed by atoms with van der Waals surface area (Å²) in [6.45, 7) is 11.4. The number of esters is 1. The van der Waals surface area contributed by atoms with Crippen LogP contribution in [0.1, 0.15) is 63.6 Å². The molecule has 0 radical (unpaired) electrons. The first-order chi connectivity index (χ1) is 13.2. The van der Waals surface area contributed by atoms with E-state index < -0.39 is 0 Å². The van der Waals surface area contributed by atoms with Gasteiger partial charge in [0.25, 0.3) is 0 Å². The molecular weight excluding hydrogens is 368 g/mol. The number of carbonyl (C=O) groups is 1. The van der Waals surface area contributed by atoms with Gasteiger partial charge >= 0.3 is 5.97 Å². The van der Waals surface area contributed by atoms with Crippen LogP contribution in [0.4, 0.5) is 0 Å². The first-order valence-corrected chi connectivity index (χ1v) is 10.3. The smallest absolute Gasteiger partial charge is 0.313 e. The summed E-state index contributed by atoms with van der Waals surface area (Å²) in [6, 6.07) is 6.47. The van der Waals surface area contributed by atoms with Crippen molar-refractivity contribution in [1.82, 2.24) is 9.97 Å². The Morgan fingerprint density at radius 3 is 2.50 bits per heavy atom. The molecule has 1 aromatic heterocycles. The number of nitrogens with zero attached hydrogens (tertiary/aromatic N) is 2. The maximum absolute atomic E-state index is 11.5. The molecule has 0 fully saturated rings. The lowest BCUT2D eigenvalue weighted by Gasteiger charge is -2.41. The van der Waals surface area contributed by atoms with Crippen LogP contribution < -0.4 is 0 Å². The Kier molecular flexibility index (Phi) is 5.81. The zero-order chi connectivity index (χ0) is 20.4. The van der Waals surface area contributed by atoms with Crippen molar-refractivity contribution in [3.8, 4) is 11.8 Å². The van der Waals surface area contributed by atoms with Crippen LogP contribution in [0.3, 0.4) is 0 Å². The van der Waals surface area contributed by atoms with Crippen molar-refractivity contribution in [2.45, 2.75) is 62.5 Å². The lowest BCUT2D eigenvalue weighted by atomic mass is 9.76. The SMILES string of the molecule is CCOC(=O)Cc1ncc(C#Cc2ccc3c(c2)C(C)(C)CC(C)(C)S3)cn1. The zero-order valence-corrected chi connectivity index (χ0v) is 17.9. The summed E-state index contributed by atoms with van der Waals surface area (Å²) in [4.78, 5) is 21.2. The Hall–Kier alpha value is -2.32. The zero-order valence-electron chi connectivity index (χ0n) is 17.1. The van der Waals surface area contributed by atoms with Gasteiger partial charge in [-0.15, -0.1) is 11.8 Å². The number of aromatic nitrogens is 2. The van der Waals surface area contributed by atoms with Crippen molar-refractivity contribution < 1.29 is 9.53 Å². The van der Waals surface area contributed by atoms with Crippen molar-refractivity contribution in [3.63, 3.8) is 0 Å². The number of benzene rings is 1. The van der Waals surface area contributed by atoms with Crippen LogP contribution in [0.15, 0.2) is 35.5 Å². The van der Waals surface area contributed by atoms with E-state index >= 15 is 0 Å². The van der Waals surface area contributed by atoms with E-state index in [1.54, 1.807) is 19.3 Å². The third kappa shape index (κ3) is 4.94. The number of carbonyl (C=O) groups excluding carboxylic acids is 1. The predicted octanol–water partition coefficient (Wildman–Crippen LogP) is 4.53. The van der Waals surface area contributed by atoms with Gasteiger partial charge in [-0.2, -0.15) is 0 Å². The average molecular weight is 395 g/mol. The molecular formula is C23H26N2O2S. The number of thioether (sulfide) groups is 1. The topological polar surface area (TPSA) is 52.1 Å². The van der Waals surface area contributed by atoms with Gasteiger partial charge in [-0.3, -0.25) is 4.79 Å². The monoisotopic (exact) mass is 394 g/mol. The Bertz CT molecular complexity index is 937. The van der Waals surface area contributed by atoms with Gasteiger partial charge in [-0.25, -0.2) is 9.97 Å². The van der Waals surface area contributed by atoms with Crippen LogP contribution in [-0.4, -0.2) is 27.3 Å². The van der Waals surface area contributed by atoms with E-state index in [1.165, 1.54) is 10.5 Å². The van der Waals surface area contributed by atoms with Gasteiger partial charge in [-0.1, -0.05) is 39.5 Å². The molecule has 3 rings (SSSR count). The molecule has 0 N–H and O–H groups in total. The highest BCUT2D eigenvalue weighted by Gasteiger charge is 2.37. The molecule has 1 aliphatic heterocycles. The number of rotatable bonds is 3. The summed E-state index contributed by atoms with van der Waals surface area (Å²) in [5.74, 6) is 6.46. The van der Waals surface area contributed by atoms with Gasteiger partial charge in [0.2, 0.25) is 0 Å². The molecule has 5 heteroatoms. The molecule has 0 atom stereocenters. The summed E-state index contributed by atoms with van der Waals surface area (Å²) >= 11 is 1.94. The highest BCUT2D eigenvalue weighted by molar-refractivity contribution is 8.00. The van der Waals surface area contributed by atoms with Crippen LogP contribution >= 0.6 is 11.8 Å². The number of ether oxygens (including phenoxy) is 1. The van der Waals surface area contributed by atoms with Gasteiger partial charge in [0.05, 0.1) is 12.2 Å². The lowest BCUT2D eigenvalue weighted by molar-refractivity contribution is -0.142. The second-order valence-electron chi connectivity index (χ2n) is 8.25. The molecule has 0 saturated carbocycles. The quantitative estimate of drug-likeness (QED) is 0.565. The number of hydrogen-bond acceptors (Lipinski definition) is 5. The minimum Gasteiger partial charge on any atom is -0.466 e. The minimum atomic E-state index is -0.320. The average Bonchev–Trinajstić information content (AvgIpc) is 2.60. The van der Waals surface area contributed by atoms with Gasteiger partial charge in [-0.05, 0) is 42.5 Å². The fourth-order valence-corrected chi connectivity index (χ4v) is 5.32. The Morgan fingerprint density at radius 1 is 1.14 bits per heavy atom. The molecule has 2 heterocycles. The van der Waals surface area contributed by atoms with E-state index in [0.717, 1.165) is 17.5 Å². The molecule has 0 unspecified atom stereocenters. The van der Waals surface area contributed by atoms with Crippen LogP contribution in [0.2, 0.25) is 0 Å². The Balaban J connectivity index is 1.77. The molecule has 146 valence electrons. The normalized spacial score (nSPS) is 16.5. The van der Waals surface area contributed by atoms with Crippen LogP contribution in [0.25, 0.3) is 0 Å². The molecule has 28 heavy (non-hydrogen) atoms. The maximum Gasteiger partial charge on any atom is 0.313 e. The molecule has 4 nitrogen and oxygen atoms in total. The molecule has 0 spiro atoms. The second-order valence-corrected chi connectivity index (χ2v) is 10.0. The largest absolute Gasteiger partial charge is 0.466 e. The highest BCUT2D eigenvalue weighted by Crippen LogP contribution is 2.50. The van der Waals surface area contributed by atoms with E-state index in [9.17, 15) is 4.79 Å². The van der Waals surface area contributed by atoms with Gasteiger partial charge in [0.15, 0.2) is 0 Å². The van der Waals surface area contributed by atoms with E-state index in [4.69, 9.17) is 4.74 Å². The molecule has 0 aliphatic carbocycles. The number of fused-ring (bicyclic) bond motifs is 1. The summed E-state index contributed by atoms with van der Waals surface area (Å²) in [5.41, 5.74) is 3.20. The molecule has 1 aliphatic rings. The standard InChI is InChI=1S/C23H26N2O2S/c1-6-27-21(26)12-20-24-13-17(14-25-20)8-7-16-9-10-19-18(11-16)22(2,3)15-23(4,5)28-19/h9-11,13-14H,6,12,15H2,1-5H3. The summed E-state index contributed by atoms with van der Waals surface area (Å²) in [5, 5.41) is 0. The van der Waals surface area contributed by atoms with Crippen LogP contribution in [-0.2, 0) is 21.4 Å². The Morgan fingerprint density at radius 2 is 1.82 bits per heavy atom. The van der Waals surface area contributed by atoms with Crippen molar-refractivity contribution in [3.05, 3.63) is 53.1 Å². The fourth-order valence-electron chi connectivity index (χ4n) is 3.71. The van der Waals surface area contributed by atoms with Crippen LogP contribution in [0, 0.1) is 11.8 Å². The Labute approximate surface area is 171 Å². The van der Waals surface area contributed by atoms with Gasteiger partial charge < -0.3 is 4.74 Å². The summed E-state index contributed by atoms with van der Waals surface area (Å²) < 4.78 is 5.15. The van der Waals surface area contributed by atoms with Gasteiger partial charge in [0, 0.05) is 27.6 Å². The summed E-state index contributed by atoms with van der Waals surface area (Å²) in [6.07, 6.45) is 4.50. The minimum absolute atomic E-state index is 0.0788. The third-order valence-electron chi connectivity index (χ3n) is 4.63. The molecule has 0 saturated heterocycles. The fraction of sp³-hybridized carbons (Fsp3) is 0.435. The predicted molar refractivity (Wildman–Crippen MR) is 112 cm³/mol. The van der Waals surface area contributed by atoms with E-state index in [0.29, 0.717) is 12.4 Å². The molecule has 2 aromatic rings. The lowest BCUT2D eigenvalue weighted by Crippen LogP contribution is -2.33. The third-order valence-corrected chi connectivity index (χ3v) is 5.90. The van der Waals surface area contributed by atoms with Gasteiger partial charge in [0.1, 0.15) is 12.2 Å². The van der Waals surface area contributed by atoms with Crippen molar-refractivity contribution in [1.29, 1.82) is 0 Å². The molecule has 1 aromatic carbocycles. The highest BCUT2D eigenvalue weighted by atomic mass is 32.2. The van der Waals surface area contributed by atoms with Crippen molar-refractivity contribution >= 4 is 17.7 Å². The molecule has 0 amide bonds. The summed E-state index contributed by atoms with van der Waals surface area (Å²) in [7, 11) is 0. The van der Waals surface area contributed by atoms with Crippen molar-refractivity contribution in [2.75, 3.05) is 6.61 Å². The second kappa shape index (κ2) is 7.97. The van der Waals surface area contributed by atoms with E-state index in [-0.39, 0.29) is 22.6 Å². The molecule has 0 bridgehead atoms. The van der Waals surface area contributed by atoms with Crippen molar-refractivity contribution in [2.24, 2.45) is 0 Å². The van der Waals surface area contributed by atoms with Crippen LogP contribution in [0.5, 0.6) is 0 Å². The number of hydrogen-bond donors (Lipinski definition) is 0. The first-order valence-electron chi connectivity index (χ1n) is 9.51. The maximum atomic E-state index is 11.5. The first kappa shape index (κ1) is 20.4. The van der Waals surface area contributed by atoms with E-state index in [2.05, 4.69) is 67.7 Å². The van der Waals surface area contributed by atoms with E-state index in [1.807, 2.05) is 11.8 Å².